The first-order valence-electron chi connectivity index (χ1n) is 4.37. The summed E-state index contributed by atoms with van der Waals surface area (Å²) < 4.78 is 58.8. The van der Waals surface area contributed by atoms with Crippen LogP contribution in [-0.4, -0.2) is 30.0 Å². The molecular weight excluding hydrogens is 277 g/mol. The second-order valence-electron chi connectivity index (χ2n) is 3.16. The summed E-state index contributed by atoms with van der Waals surface area (Å²) in [6.45, 7) is 0. The third-order valence-electron chi connectivity index (χ3n) is 1.71. The van der Waals surface area contributed by atoms with Crippen LogP contribution in [0.2, 0.25) is 0 Å². The van der Waals surface area contributed by atoms with E-state index < -0.39 is 33.6 Å². The number of rotatable bonds is 4. The normalized spacial score (nSPS) is 12.2. The highest BCUT2D eigenvalue weighted by Crippen LogP contribution is 2.25. The Morgan fingerprint density at radius 3 is 2.39 bits per heavy atom. The molecule has 1 rings (SSSR count). The number of nitrogens with one attached hydrogen (secondary N) is 1. The lowest BCUT2D eigenvalue weighted by Crippen LogP contribution is -2.29. The van der Waals surface area contributed by atoms with E-state index >= 15 is 0 Å². The van der Waals surface area contributed by atoms with Crippen LogP contribution in [0.25, 0.3) is 0 Å². The highest BCUT2D eigenvalue weighted by Gasteiger charge is 2.46. The van der Waals surface area contributed by atoms with Gasteiger partial charge < -0.3 is 5.11 Å². The number of carbonyl (C=O) groups is 1. The molecule has 0 unspecified atom stereocenters. The third kappa shape index (κ3) is 3.58. The van der Waals surface area contributed by atoms with E-state index in [1.807, 2.05) is 0 Å². The Morgan fingerprint density at radius 2 is 2.00 bits per heavy atom. The average molecular weight is 284 g/mol. The number of pyridine rings is 1. The first kappa shape index (κ1) is 14.2. The summed E-state index contributed by atoms with van der Waals surface area (Å²) in [6.07, 6.45) is 0.397. The number of halogens is 3. The van der Waals surface area contributed by atoms with Crippen molar-refractivity contribution < 1.29 is 31.5 Å². The monoisotopic (exact) mass is 284 g/mol. The van der Waals surface area contributed by atoms with E-state index in [1.165, 1.54) is 4.72 Å². The second-order valence-corrected chi connectivity index (χ2v) is 4.83. The Labute approximate surface area is 99.5 Å². The van der Waals surface area contributed by atoms with Crippen LogP contribution in [0.1, 0.15) is 5.69 Å². The third-order valence-corrected chi connectivity index (χ3v) is 2.83. The summed E-state index contributed by atoms with van der Waals surface area (Å²) in [6, 6.07) is 2.11. The lowest BCUT2D eigenvalue weighted by molar-refractivity contribution is -0.136. The maximum atomic E-state index is 12.0. The van der Waals surface area contributed by atoms with Gasteiger partial charge in [0.25, 0.3) is 0 Å². The lowest BCUT2D eigenvalue weighted by Gasteiger charge is -2.10. The highest BCUT2D eigenvalue weighted by atomic mass is 32.2. The zero-order valence-corrected chi connectivity index (χ0v) is 9.42. The molecule has 0 spiro atoms. The fourth-order valence-corrected chi connectivity index (χ4v) is 1.50. The van der Waals surface area contributed by atoms with Crippen molar-refractivity contribution in [2.24, 2.45) is 0 Å². The summed E-state index contributed by atoms with van der Waals surface area (Å²) in [5.41, 5.74) is -5.73. The highest BCUT2D eigenvalue weighted by molar-refractivity contribution is 7.93. The van der Waals surface area contributed by atoms with Gasteiger partial charge in [-0.3, -0.25) is 14.5 Å². The zero-order valence-electron chi connectivity index (χ0n) is 8.60. The largest absolute Gasteiger partial charge is 0.516 e. The number of sulfonamides is 1. The number of nitrogens with zero attached hydrogens (tertiary/aromatic N) is 1. The first-order valence-corrected chi connectivity index (χ1v) is 5.86. The molecule has 0 atom stereocenters. The molecule has 1 aromatic heterocycles. The van der Waals surface area contributed by atoms with Gasteiger partial charge in [0.15, 0.2) is 0 Å². The van der Waals surface area contributed by atoms with Crippen LogP contribution in [0, 0.1) is 0 Å². The molecule has 100 valence electrons. The summed E-state index contributed by atoms with van der Waals surface area (Å²) >= 11 is 0. The van der Waals surface area contributed by atoms with Gasteiger partial charge in [0, 0.05) is 0 Å². The first-order chi connectivity index (χ1) is 8.12. The van der Waals surface area contributed by atoms with Crippen LogP contribution in [0.15, 0.2) is 18.3 Å². The van der Waals surface area contributed by atoms with Gasteiger partial charge in [-0.15, -0.1) is 0 Å². The number of anilines is 1. The van der Waals surface area contributed by atoms with Crippen molar-refractivity contribution in [1.29, 1.82) is 0 Å². The van der Waals surface area contributed by atoms with Crippen LogP contribution in [-0.2, 0) is 21.2 Å². The van der Waals surface area contributed by atoms with Gasteiger partial charge in [0.2, 0.25) is 0 Å². The lowest BCUT2D eigenvalue weighted by atomic mass is 10.3. The molecule has 0 amide bonds. The molecule has 0 aromatic carbocycles. The summed E-state index contributed by atoms with van der Waals surface area (Å²) in [7, 11) is -5.49. The smallest absolute Gasteiger partial charge is 0.481 e. The van der Waals surface area contributed by atoms with Gasteiger partial charge in [-0.25, -0.2) is 0 Å². The topological polar surface area (TPSA) is 96.4 Å². The molecule has 0 aliphatic rings. The molecule has 0 radical (unpaired) electrons. The van der Waals surface area contributed by atoms with Gasteiger partial charge in [0.1, 0.15) is 0 Å². The average Bonchev–Trinajstić information content (AvgIpc) is 2.18. The molecular formula is C8H7F3N2O4S. The van der Waals surface area contributed by atoms with E-state index in [-0.39, 0.29) is 5.69 Å². The van der Waals surface area contributed by atoms with Crippen molar-refractivity contribution >= 4 is 21.7 Å². The standard InChI is InChI=1S/C8H7F3N2O4S/c9-8(10,11)18(16,17)13-6-2-1-5(12-4-6)3-7(14)15/h1-2,4,13H,3H2,(H,14,15). The number of carboxylic acids is 1. The molecule has 6 nitrogen and oxygen atoms in total. The Hall–Kier alpha value is -1.84. The molecule has 1 aromatic rings. The van der Waals surface area contributed by atoms with E-state index in [9.17, 15) is 26.4 Å². The quantitative estimate of drug-likeness (QED) is 0.858. The molecule has 18 heavy (non-hydrogen) atoms. The van der Waals surface area contributed by atoms with Gasteiger partial charge >= 0.3 is 21.5 Å². The Bertz CT molecular complexity index is 538. The van der Waals surface area contributed by atoms with Gasteiger partial charge in [-0.05, 0) is 12.1 Å². The molecule has 2 N–H and O–H groups in total. The van der Waals surface area contributed by atoms with Crippen molar-refractivity contribution in [3.63, 3.8) is 0 Å². The molecule has 0 aliphatic carbocycles. The number of hydrogen-bond donors (Lipinski definition) is 2. The Balaban J connectivity index is 2.85. The van der Waals surface area contributed by atoms with Crippen molar-refractivity contribution in [2.45, 2.75) is 11.9 Å². The molecule has 0 fully saturated rings. The van der Waals surface area contributed by atoms with Crippen LogP contribution < -0.4 is 4.72 Å². The number of alkyl halides is 3. The van der Waals surface area contributed by atoms with Gasteiger partial charge in [-0.2, -0.15) is 21.6 Å². The fraction of sp³-hybridized carbons (Fsp3) is 0.250. The maximum Gasteiger partial charge on any atom is 0.516 e. The molecule has 1 heterocycles. The predicted octanol–water partition coefficient (Wildman–Crippen LogP) is 0.970. The SMILES string of the molecule is O=C(O)Cc1ccc(NS(=O)(=O)C(F)(F)F)cn1. The molecule has 0 bridgehead atoms. The van der Waals surface area contributed by atoms with E-state index in [0.717, 1.165) is 18.3 Å². The van der Waals surface area contributed by atoms with Crippen LogP contribution in [0.5, 0.6) is 0 Å². The number of aliphatic carboxylic acids is 1. The Morgan fingerprint density at radius 1 is 1.39 bits per heavy atom. The van der Waals surface area contributed by atoms with E-state index in [0.29, 0.717) is 0 Å². The predicted molar refractivity (Wildman–Crippen MR) is 54.2 cm³/mol. The number of aromatic nitrogens is 1. The van der Waals surface area contributed by atoms with E-state index in [1.54, 1.807) is 0 Å². The molecule has 10 heteroatoms. The fourth-order valence-electron chi connectivity index (χ4n) is 0.957. The van der Waals surface area contributed by atoms with Crippen LogP contribution in [0.4, 0.5) is 18.9 Å². The minimum atomic E-state index is -5.49. The number of carboxylic acid groups (broad SMARTS) is 1. The van der Waals surface area contributed by atoms with Crippen molar-refractivity contribution in [3.05, 3.63) is 24.0 Å². The molecule has 0 saturated carbocycles. The van der Waals surface area contributed by atoms with Crippen molar-refractivity contribution in [1.82, 2.24) is 4.98 Å². The minimum Gasteiger partial charge on any atom is -0.481 e. The maximum absolute atomic E-state index is 12.0. The van der Waals surface area contributed by atoms with E-state index in [2.05, 4.69) is 4.98 Å². The van der Waals surface area contributed by atoms with Crippen LogP contribution >= 0.6 is 0 Å². The van der Waals surface area contributed by atoms with Crippen LogP contribution in [0.3, 0.4) is 0 Å². The van der Waals surface area contributed by atoms with Crippen molar-refractivity contribution in [2.75, 3.05) is 4.72 Å². The van der Waals surface area contributed by atoms with E-state index in [4.69, 9.17) is 5.11 Å². The summed E-state index contributed by atoms with van der Waals surface area (Å²) in [5, 5.41) is 8.43. The second kappa shape index (κ2) is 4.80. The zero-order chi connectivity index (χ0) is 14.0. The van der Waals surface area contributed by atoms with Gasteiger partial charge in [-0.1, -0.05) is 0 Å². The summed E-state index contributed by atoms with van der Waals surface area (Å²) in [4.78, 5) is 13.8. The minimum absolute atomic E-state index is 0.0949. The Kier molecular flexibility index (Phi) is 3.79. The summed E-state index contributed by atoms with van der Waals surface area (Å²) in [5.74, 6) is -1.16. The van der Waals surface area contributed by atoms with Crippen molar-refractivity contribution in [3.8, 4) is 0 Å². The van der Waals surface area contributed by atoms with Gasteiger partial charge in [0.05, 0.1) is 24.0 Å². The number of hydrogen-bond acceptors (Lipinski definition) is 4. The molecule has 0 aliphatic heterocycles. The molecule has 0 saturated heterocycles.